The van der Waals surface area contributed by atoms with Crippen molar-refractivity contribution >= 4 is 11.5 Å². The number of benzene rings is 1. The van der Waals surface area contributed by atoms with Gasteiger partial charge in [-0.2, -0.15) is 4.52 Å². The van der Waals surface area contributed by atoms with Crippen molar-refractivity contribution in [2.45, 2.75) is 6.10 Å². The molecule has 1 aromatic carbocycles. The lowest BCUT2D eigenvalue weighted by atomic mass is 10.1. The number of nitrogens with one attached hydrogen (secondary N) is 1. The maximum absolute atomic E-state index is 10.1. The summed E-state index contributed by atoms with van der Waals surface area (Å²) < 4.78 is 1.53. The van der Waals surface area contributed by atoms with Crippen LogP contribution in [0.2, 0.25) is 0 Å². The summed E-state index contributed by atoms with van der Waals surface area (Å²) in [6.07, 6.45) is 2.58. The summed E-state index contributed by atoms with van der Waals surface area (Å²) in [5.74, 6) is 0.637. The molecule has 0 saturated heterocycles. The molecule has 0 aliphatic heterocycles. The van der Waals surface area contributed by atoms with Gasteiger partial charge in [-0.05, 0) is 16.0 Å². The third-order valence-corrected chi connectivity index (χ3v) is 2.77. The van der Waals surface area contributed by atoms with E-state index in [9.17, 15) is 5.11 Å². The first-order valence-electron chi connectivity index (χ1n) is 5.83. The number of fused-ring (bicyclic) bond motifs is 1. The van der Waals surface area contributed by atoms with E-state index in [2.05, 4.69) is 25.8 Å². The molecule has 1 unspecified atom stereocenters. The second kappa shape index (κ2) is 4.99. The van der Waals surface area contributed by atoms with Crippen molar-refractivity contribution in [2.24, 2.45) is 0 Å². The molecular weight excluding hydrogens is 244 g/mol. The molecule has 7 heteroatoms. The number of rotatable bonds is 4. The zero-order valence-corrected chi connectivity index (χ0v) is 10.0. The van der Waals surface area contributed by atoms with Crippen LogP contribution in [-0.4, -0.2) is 36.7 Å². The maximum Gasteiger partial charge on any atom is 0.199 e. The molecule has 1 atom stereocenters. The van der Waals surface area contributed by atoms with Crippen molar-refractivity contribution in [2.75, 3.05) is 11.9 Å². The molecular formula is C12H12N6O. The van der Waals surface area contributed by atoms with Crippen LogP contribution in [-0.2, 0) is 0 Å². The van der Waals surface area contributed by atoms with E-state index >= 15 is 0 Å². The minimum Gasteiger partial charge on any atom is -0.387 e. The number of tetrazole rings is 1. The molecule has 96 valence electrons. The van der Waals surface area contributed by atoms with E-state index in [-0.39, 0.29) is 0 Å². The molecule has 19 heavy (non-hydrogen) atoms. The lowest BCUT2D eigenvalue weighted by Crippen LogP contribution is -2.14. The average molecular weight is 256 g/mol. The summed E-state index contributed by atoms with van der Waals surface area (Å²) in [6.45, 7) is 0.352. The highest BCUT2D eigenvalue weighted by molar-refractivity contribution is 5.43. The average Bonchev–Trinajstić information content (AvgIpc) is 2.94. The number of anilines is 1. The number of hydrogen-bond donors (Lipinski definition) is 2. The van der Waals surface area contributed by atoms with Gasteiger partial charge in [-0.25, -0.2) is 0 Å². The van der Waals surface area contributed by atoms with E-state index in [1.54, 1.807) is 12.4 Å². The Morgan fingerprint density at radius 3 is 2.89 bits per heavy atom. The third kappa shape index (κ3) is 2.36. The SMILES string of the molecule is OC(CNc1cncc2nnnn12)c1ccccc1. The molecule has 0 fully saturated rings. The number of hydrogen-bond acceptors (Lipinski definition) is 6. The van der Waals surface area contributed by atoms with Gasteiger partial charge in [0.2, 0.25) is 0 Å². The molecule has 0 aliphatic rings. The molecule has 0 bridgehead atoms. The monoisotopic (exact) mass is 256 g/mol. The van der Waals surface area contributed by atoms with Crippen LogP contribution in [0.1, 0.15) is 11.7 Å². The predicted molar refractivity (Wildman–Crippen MR) is 68.5 cm³/mol. The van der Waals surface area contributed by atoms with Crippen molar-refractivity contribution in [3.63, 3.8) is 0 Å². The summed E-state index contributed by atoms with van der Waals surface area (Å²) in [6, 6.07) is 9.45. The number of aliphatic hydroxyl groups excluding tert-OH is 1. The van der Waals surface area contributed by atoms with Crippen LogP contribution in [0, 0.1) is 0 Å². The standard InChI is InChI=1S/C12H12N6O/c19-10(9-4-2-1-3-5-9)6-14-11-7-13-8-12-15-16-17-18(11)12/h1-5,7-8,10,14,19H,6H2. The summed E-state index contributed by atoms with van der Waals surface area (Å²) in [4.78, 5) is 4.03. The molecule has 0 spiro atoms. The Morgan fingerprint density at radius 2 is 2.05 bits per heavy atom. The fraction of sp³-hybridized carbons (Fsp3) is 0.167. The Bertz CT molecular complexity index is 668. The van der Waals surface area contributed by atoms with Gasteiger partial charge in [-0.1, -0.05) is 30.3 Å². The number of aromatic nitrogens is 5. The molecule has 7 nitrogen and oxygen atoms in total. The lowest BCUT2D eigenvalue weighted by molar-refractivity contribution is 0.191. The summed E-state index contributed by atoms with van der Waals surface area (Å²) in [7, 11) is 0. The quantitative estimate of drug-likeness (QED) is 0.713. The van der Waals surface area contributed by atoms with E-state index in [0.717, 1.165) is 5.56 Å². The van der Waals surface area contributed by atoms with Gasteiger partial charge in [0, 0.05) is 6.54 Å². The van der Waals surface area contributed by atoms with Crippen LogP contribution in [0.25, 0.3) is 5.65 Å². The molecule has 2 heterocycles. The maximum atomic E-state index is 10.1. The van der Waals surface area contributed by atoms with Gasteiger partial charge >= 0.3 is 0 Å². The van der Waals surface area contributed by atoms with E-state index in [4.69, 9.17) is 0 Å². The fourth-order valence-corrected chi connectivity index (χ4v) is 1.79. The van der Waals surface area contributed by atoms with Crippen molar-refractivity contribution in [1.29, 1.82) is 0 Å². The minimum absolute atomic E-state index is 0.352. The van der Waals surface area contributed by atoms with Crippen molar-refractivity contribution in [3.05, 3.63) is 48.3 Å². The zero-order valence-electron chi connectivity index (χ0n) is 10.0. The number of aliphatic hydroxyl groups is 1. The van der Waals surface area contributed by atoms with Crippen LogP contribution < -0.4 is 5.32 Å². The van der Waals surface area contributed by atoms with Gasteiger partial charge < -0.3 is 10.4 Å². The van der Waals surface area contributed by atoms with Gasteiger partial charge in [-0.3, -0.25) is 4.98 Å². The summed E-state index contributed by atoms with van der Waals surface area (Å²) in [5, 5.41) is 24.4. The molecule has 2 aromatic heterocycles. The highest BCUT2D eigenvalue weighted by atomic mass is 16.3. The van der Waals surface area contributed by atoms with E-state index in [0.29, 0.717) is 18.0 Å². The fourth-order valence-electron chi connectivity index (χ4n) is 1.79. The van der Waals surface area contributed by atoms with E-state index in [1.165, 1.54) is 4.52 Å². The predicted octanol–water partition coefficient (Wildman–Crippen LogP) is 0.665. The second-order valence-electron chi connectivity index (χ2n) is 4.05. The van der Waals surface area contributed by atoms with Crippen LogP contribution in [0.3, 0.4) is 0 Å². The van der Waals surface area contributed by atoms with E-state index in [1.807, 2.05) is 30.3 Å². The topological polar surface area (TPSA) is 88.2 Å². The van der Waals surface area contributed by atoms with Crippen LogP contribution >= 0.6 is 0 Å². The first-order chi connectivity index (χ1) is 9.34. The van der Waals surface area contributed by atoms with Crippen LogP contribution in [0.4, 0.5) is 5.82 Å². The largest absolute Gasteiger partial charge is 0.387 e. The highest BCUT2D eigenvalue weighted by Crippen LogP contribution is 2.13. The van der Waals surface area contributed by atoms with Crippen LogP contribution in [0.15, 0.2) is 42.7 Å². The van der Waals surface area contributed by atoms with Crippen LogP contribution in [0.5, 0.6) is 0 Å². The van der Waals surface area contributed by atoms with Crippen molar-refractivity contribution < 1.29 is 5.11 Å². The lowest BCUT2D eigenvalue weighted by Gasteiger charge is -2.12. The Morgan fingerprint density at radius 1 is 1.21 bits per heavy atom. The molecule has 0 aliphatic carbocycles. The van der Waals surface area contributed by atoms with Gasteiger partial charge in [0.25, 0.3) is 0 Å². The van der Waals surface area contributed by atoms with Gasteiger partial charge in [0.1, 0.15) is 0 Å². The molecule has 3 aromatic rings. The smallest absolute Gasteiger partial charge is 0.199 e. The Kier molecular flexibility index (Phi) is 3.03. The first kappa shape index (κ1) is 11.5. The van der Waals surface area contributed by atoms with Crippen molar-refractivity contribution in [3.8, 4) is 0 Å². The zero-order chi connectivity index (χ0) is 13.1. The molecule has 0 amide bonds. The van der Waals surface area contributed by atoms with Crippen molar-refractivity contribution in [1.82, 2.24) is 25.0 Å². The third-order valence-electron chi connectivity index (χ3n) is 2.77. The first-order valence-corrected chi connectivity index (χ1v) is 5.83. The van der Waals surface area contributed by atoms with Gasteiger partial charge in [0.05, 0.1) is 18.5 Å². The summed E-state index contributed by atoms with van der Waals surface area (Å²) >= 11 is 0. The van der Waals surface area contributed by atoms with E-state index < -0.39 is 6.10 Å². The second-order valence-corrected chi connectivity index (χ2v) is 4.05. The highest BCUT2D eigenvalue weighted by Gasteiger charge is 2.08. The van der Waals surface area contributed by atoms with Gasteiger partial charge in [-0.15, -0.1) is 5.10 Å². The number of nitrogens with zero attached hydrogens (tertiary/aromatic N) is 5. The molecule has 0 saturated carbocycles. The molecule has 0 radical (unpaired) electrons. The molecule has 3 rings (SSSR count). The van der Waals surface area contributed by atoms with Gasteiger partial charge in [0.15, 0.2) is 11.5 Å². The Balaban J connectivity index is 1.74. The normalized spacial score (nSPS) is 12.5. The minimum atomic E-state index is -0.604. The Hall–Kier alpha value is -2.54. The molecule has 2 N–H and O–H groups in total. The summed E-state index contributed by atoms with van der Waals surface area (Å²) in [5.41, 5.74) is 1.41. The Labute approximate surface area is 108 Å².